The molecule has 0 radical (unpaired) electrons. The molecule has 3 atom stereocenters. The van der Waals surface area contributed by atoms with Crippen molar-refractivity contribution in [3.8, 4) is 5.75 Å². The maximum atomic E-state index is 12.2. The largest absolute Gasteiger partial charge is 0.413 e. The molecule has 2 rings (SSSR count). The molecule has 0 unspecified atom stereocenters. The van der Waals surface area contributed by atoms with Crippen molar-refractivity contribution in [3.05, 3.63) is 30.3 Å². The van der Waals surface area contributed by atoms with E-state index in [9.17, 15) is 9.59 Å². The molecular weight excluding hydrogens is 280 g/mol. The number of carbonyl (C=O) groups excluding carboxylic acids is 2. The molecule has 1 saturated carbocycles. The van der Waals surface area contributed by atoms with E-state index in [2.05, 4.69) is 17.6 Å². The van der Waals surface area contributed by atoms with Crippen LogP contribution in [0.5, 0.6) is 5.75 Å². The number of benzene rings is 1. The first-order chi connectivity index (χ1) is 10.6. The Morgan fingerprint density at radius 1 is 1.18 bits per heavy atom. The third kappa shape index (κ3) is 4.76. The third-order valence-electron chi connectivity index (χ3n) is 4.12. The second kappa shape index (κ2) is 7.82. The Bertz CT molecular complexity index is 504. The lowest BCUT2D eigenvalue weighted by Gasteiger charge is -2.30. The fourth-order valence-electron chi connectivity index (χ4n) is 2.71. The van der Waals surface area contributed by atoms with Gasteiger partial charge in [-0.15, -0.1) is 0 Å². The Morgan fingerprint density at radius 2 is 1.86 bits per heavy atom. The van der Waals surface area contributed by atoms with Crippen molar-refractivity contribution in [1.82, 2.24) is 10.6 Å². The van der Waals surface area contributed by atoms with Crippen molar-refractivity contribution in [2.75, 3.05) is 0 Å². The zero-order chi connectivity index (χ0) is 15.9. The van der Waals surface area contributed by atoms with Crippen LogP contribution in [0.25, 0.3) is 0 Å². The number of para-hydroxylation sites is 1. The molecule has 1 aliphatic rings. The van der Waals surface area contributed by atoms with Gasteiger partial charge in [-0.2, -0.15) is 0 Å². The van der Waals surface area contributed by atoms with Crippen LogP contribution in [0.2, 0.25) is 0 Å². The van der Waals surface area contributed by atoms with E-state index in [1.165, 1.54) is 6.42 Å². The molecule has 5 heteroatoms. The first-order valence-corrected chi connectivity index (χ1v) is 7.90. The highest BCUT2D eigenvalue weighted by Crippen LogP contribution is 2.23. The molecule has 2 amide bonds. The minimum absolute atomic E-state index is 0.163. The van der Waals surface area contributed by atoms with Crippen LogP contribution in [0, 0.1) is 5.92 Å². The maximum Gasteiger partial charge on any atom is 0.413 e. The van der Waals surface area contributed by atoms with Crippen molar-refractivity contribution in [2.24, 2.45) is 5.92 Å². The van der Waals surface area contributed by atoms with E-state index in [1.54, 1.807) is 31.2 Å². The summed E-state index contributed by atoms with van der Waals surface area (Å²) in [6.45, 7) is 3.82. The molecule has 0 spiro atoms. The lowest BCUT2D eigenvalue weighted by atomic mass is 9.86. The summed E-state index contributed by atoms with van der Waals surface area (Å²) < 4.78 is 5.12. The molecule has 120 valence electrons. The lowest BCUT2D eigenvalue weighted by molar-refractivity contribution is -0.123. The van der Waals surface area contributed by atoms with Gasteiger partial charge < -0.3 is 15.4 Å². The van der Waals surface area contributed by atoms with Crippen molar-refractivity contribution >= 4 is 12.0 Å². The molecule has 0 aromatic heterocycles. The van der Waals surface area contributed by atoms with Gasteiger partial charge in [0.25, 0.3) is 0 Å². The SMILES string of the molecule is C[C@H](NC(=O)Oc1ccccc1)C(=O)N[C@@H]1CCCC[C@@H]1C. The molecule has 1 aliphatic carbocycles. The topological polar surface area (TPSA) is 67.4 Å². The first-order valence-electron chi connectivity index (χ1n) is 7.90. The number of amides is 2. The smallest absolute Gasteiger partial charge is 0.410 e. The van der Waals surface area contributed by atoms with E-state index in [-0.39, 0.29) is 11.9 Å². The summed E-state index contributed by atoms with van der Waals surface area (Å²) in [4.78, 5) is 23.9. The molecule has 5 nitrogen and oxygen atoms in total. The zero-order valence-corrected chi connectivity index (χ0v) is 13.2. The van der Waals surface area contributed by atoms with Crippen LogP contribution in [-0.2, 0) is 4.79 Å². The number of carbonyl (C=O) groups is 2. The van der Waals surface area contributed by atoms with Crippen molar-refractivity contribution in [2.45, 2.75) is 51.6 Å². The Labute approximate surface area is 131 Å². The van der Waals surface area contributed by atoms with E-state index < -0.39 is 12.1 Å². The second-order valence-corrected chi connectivity index (χ2v) is 5.95. The summed E-state index contributed by atoms with van der Waals surface area (Å²) in [6.07, 6.45) is 3.90. The van der Waals surface area contributed by atoms with Gasteiger partial charge in [-0.25, -0.2) is 4.79 Å². The van der Waals surface area contributed by atoms with Crippen LogP contribution in [0.1, 0.15) is 39.5 Å². The second-order valence-electron chi connectivity index (χ2n) is 5.95. The Balaban J connectivity index is 1.79. The molecule has 1 aromatic carbocycles. The predicted molar refractivity (Wildman–Crippen MR) is 84.6 cm³/mol. The summed E-state index contributed by atoms with van der Waals surface area (Å²) in [5.41, 5.74) is 0. The van der Waals surface area contributed by atoms with Gasteiger partial charge >= 0.3 is 6.09 Å². The van der Waals surface area contributed by atoms with Gasteiger partial charge in [0.1, 0.15) is 11.8 Å². The van der Waals surface area contributed by atoms with E-state index in [0.717, 1.165) is 19.3 Å². The van der Waals surface area contributed by atoms with Crippen LogP contribution in [0.4, 0.5) is 4.79 Å². The lowest BCUT2D eigenvalue weighted by Crippen LogP contribution is -2.50. The molecule has 22 heavy (non-hydrogen) atoms. The van der Waals surface area contributed by atoms with E-state index in [1.807, 2.05) is 6.07 Å². The summed E-state index contributed by atoms with van der Waals surface area (Å²) >= 11 is 0. The molecule has 1 fully saturated rings. The minimum Gasteiger partial charge on any atom is -0.410 e. The maximum absolute atomic E-state index is 12.2. The fourth-order valence-corrected chi connectivity index (χ4v) is 2.71. The molecule has 0 bridgehead atoms. The number of ether oxygens (including phenoxy) is 1. The van der Waals surface area contributed by atoms with Gasteiger partial charge in [0.2, 0.25) is 5.91 Å². The summed E-state index contributed by atoms with van der Waals surface area (Å²) in [7, 11) is 0. The van der Waals surface area contributed by atoms with Crippen LogP contribution < -0.4 is 15.4 Å². The van der Waals surface area contributed by atoms with Gasteiger partial charge in [-0.05, 0) is 37.8 Å². The van der Waals surface area contributed by atoms with Crippen LogP contribution in [-0.4, -0.2) is 24.1 Å². The van der Waals surface area contributed by atoms with Crippen molar-refractivity contribution < 1.29 is 14.3 Å². The summed E-state index contributed by atoms with van der Waals surface area (Å²) in [6, 6.07) is 8.36. The number of nitrogens with one attached hydrogen (secondary N) is 2. The molecule has 0 aliphatic heterocycles. The van der Waals surface area contributed by atoms with E-state index >= 15 is 0 Å². The van der Waals surface area contributed by atoms with E-state index in [4.69, 9.17) is 4.74 Å². The van der Waals surface area contributed by atoms with Gasteiger partial charge in [-0.3, -0.25) is 4.79 Å². The van der Waals surface area contributed by atoms with Gasteiger partial charge in [-0.1, -0.05) is 38.0 Å². The highest BCUT2D eigenvalue weighted by Gasteiger charge is 2.25. The normalized spacial score (nSPS) is 22.5. The highest BCUT2D eigenvalue weighted by atomic mass is 16.6. The van der Waals surface area contributed by atoms with E-state index in [0.29, 0.717) is 11.7 Å². The highest BCUT2D eigenvalue weighted by molar-refractivity contribution is 5.85. The monoisotopic (exact) mass is 304 g/mol. The average molecular weight is 304 g/mol. The molecule has 2 N–H and O–H groups in total. The quantitative estimate of drug-likeness (QED) is 0.899. The standard InChI is InChI=1S/C17H24N2O3/c1-12-8-6-7-11-15(12)19-16(20)13(2)18-17(21)22-14-9-4-3-5-10-14/h3-5,9-10,12-13,15H,6-8,11H2,1-2H3,(H,18,21)(H,19,20)/t12-,13-,15+/m0/s1. The third-order valence-corrected chi connectivity index (χ3v) is 4.12. The first kappa shape index (κ1) is 16.3. The Kier molecular flexibility index (Phi) is 5.81. The summed E-state index contributed by atoms with van der Waals surface area (Å²) in [5.74, 6) is 0.776. The average Bonchev–Trinajstić information content (AvgIpc) is 2.50. The molecular formula is C17H24N2O3. The summed E-state index contributed by atoms with van der Waals surface area (Å²) in [5, 5.41) is 5.59. The fraction of sp³-hybridized carbons (Fsp3) is 0.529. The van der Waals surface area contributed by atoms with Crippen molar-refractivity contribution in [3.63, 3.8) is 0 Å². The number of hydrogen-bond acceptors (Lipinski definition) is 3. The van der Waals surface area contributed by atoms with Crippen LogP contribution >= 0.6 is 0 Å². The molecule has 1 aromatic rings. The Morgan fingerprint density at radius 3 is 2.55 bits per heavy atom. The molecule has 0 saturated heterocycles. The van der Waals surface area contributed by atoms with Gasteiger partial charge in [0.15, 0.2) is 0 Å². The molecule has 0 heterocycles. The predicted octanol–water partition coefficient (Wildman–Crippen LogP) is 2.86. The van der Waals surface area contributed by atoms with Crippen molar-refractivity contribution in [1.29, 1.82) is 0 Å². The minimum atomic E-state index is -0.620. The zero-order valence-electron chi connectivity index (χ0n) is 13.2. The number of hydrogen-bond donors (Lipinski definition) is 2. The van der Waals surface area contributed by atoms with Gasteiger partial charge in [0, 0.05) is 6.04 Å². The van der Waals surface area contributed by atoms with Crippen LogP contribution in [0.15, 0.2) is 30.3 Å². The Hall–Kier alpha value is -2.04. The van der Waals surface area contributed by atoms with Crippen LogP contribution in [0.3, 0.4) is 0 Å². The van der Waals surface area contributed by atoms with Gasteiger partial charge in [0.05, 0.1) is 0 Å². The number of rotatable bonds is 4.